The molecule has 0 amide bonds. The van der Waals surface area contributed by atoms with E-state index in [0.29, 0.717) is 29.2 Å². The molecule has 13 heavy (non-hydrogen) atoms. The van der Waals surface area contributed by atoms with Gasteiger partial charge in [-0.1, -0.05) is 13.3 Å². The predicted octanol–water partition coefficient (Wildman–Crippen LogP) is 2.08. The van der Waals surface area contributed by atoms with Crippen LogP contribution in [0.4, 0.5) is 0 Å². The number of rotatable bonds is 4. The topological polar surface area (TPSA) is 34.1 Å². The molecule has 0 aliphatic carbocycles. The van der Waals surface area contributed by atoms with Gasteiger partial charge in [-0.3, -0.25) is 0 Å². The first kappa shape index (κ1) is 11.3. The van der Waals surface area contributed by atoms with Gasteiger partial charge in [-0.2, -0.15) is 0 Å². The van der Waals surface area contributed by atoms with Crippen molar-refractivity contribution in [1.29, 1.82) is 0 Å². The minimum atomic E-state index is -2.73. The lowest BCUT2D eigenvalue weighted by atomic mass is 9.90. The normalized spacial score (nSPS) is 28.9. The molecule has 2 nitrogen and oxygen atoms in total. The number of hydrogen-bond donors (Lipinski definition) is 0. The lowest BCUT2D eigenvalue weighted by Crippen LogP contribution is -2.17. The zero-order valence-corrected chi connectivity index (χ0v) is 9.57. The fraction of sp³-hybridized carbons (Fsp3) is 1.00. The van der Waals surface area contributed by atoms with Gasteiger partial charge in [-0.25, -0.2) is 8.42 Å². The molecule has 78 valence electrons. The third kappa shape index (κ3) is 3.13. The van der Waals surface area contributed by atoms with Gasteiger partial charge < -0.3 is 0 Å². The first-order valence-corrected chi connectivity index (χ1v) is 7.21. The second kappa shape index (κ2) is 4.65. The Morgan fingerprint density at radius 1 is 1.54 bits per heavy atom. The SMILES string of the molecule is CCCC(CCl)C1CCS(=O)(=O)C1. The average molecular weight is 225 g/mol. The molecule has 1 heterocycles. The van der Waals surface area contributed by atoms with E-state index in [1.807, 2.05) is 0 Å². The Balaban J connectivity index is 2.52. The van der Waals surface area contributed by atoms with Crippen LogP contribution in [0.1, 0.15) is 26.2 Å². The van der Waals surface area contributed by atoms with Crippen LogP contribution in [0.25, 0.3) is 0 Å². The molecular weight excluding hydrogens is 208 g/mol. The third-order valence-corrected chi connectivity index (χ3v) is 4.98. The molecule has 0 aromatic heterocycles. The van der Waals surface area contributed by atoms with Crippen LogP contribution in [-0.4, -0.2) is 25.8 Å². The van der Waals surface area contributed by atoms with Gasteiger partial charge in [0.2, 0.25) is 0 Å². The fourth-order valence-electron chi connectivity index (χ4n) is 2.01. The van der Waals surface area contributed by atoms with Crippen molar-refractivity contribution in [3.8, 4) is 0 Å². The van der Waals surface area contributed by atoms with E-state index in [1.54, 1.807) is 0 Å². The Bertz CT molecular complexity index is 248. The highest BCUT2D eigenvalue weighted by molar-refractivity contribution is 7.91. The maximum atomic E-state index is 11.2. The molecule has 1 aliphatic rings. The van der Waals surface area contributed by atoms with Crippen molar-refractivity contribution in [3.63, 3.8) is 0 Å². The lowest BCUT2D eigenvalue weighted by Gasteiger charge is -2.18. The first-order chi connectivity index (χ1) is 6.09. The van der Waals surface area contributed by atoms with Gasteiger partial charge in [0.25, 0.3) is 0 Å². The molecule has 0 saturated carbocycles. The second-order valence-electron chi connectivity index (χ2n) is 3.87. The summed E-state index contributed by atoms with van der Waals surface area (Å²) >= 11 is 5.82. The highest BCUT2D eigenvalue weighted by Gasteiger charge is 2.32. The van der Waals surface area contributed by atoms with Crippen LogP contribution in [0.15, 0.2) is 0 Å². The Kier molecular flexibility index (Phi) is 4.05. The fourth-order valence-corrected chi connectivity index (χ4v) is 4.33. The summed E-state index contributed by atoms with van der Waals surface area (Å²) in [5.74, 6) is 2.07. The van der Waals surface area contributed by atoms with Crippen LogP contribution in [0, 0.1) is 11.8 Å². The molecule has 0 bridgehead atoms. The Hall–Kier alpha value is 0.240. The average Bonchev–Trinajstić information content (AvgIpc) is 2.42. The van der Waals surface area contributed by atoms with E-state index in [-0.39, 0.29) is 0 Å². The van der Waals surface area contributed by atoms with Crippen molar-refractivity contribution in [2.75, 3.05) is 17.4 Å². The minimum absolute atomic E-state index is 0.322. The molecule has 0 N–H and O–H groups in total. The van der Waals surface area contributed by atoms with Crippen LogP contribution in [0.3, 0.4) is 0 Å². The molecule has 1 fully saturated rings. The molecule has 1 aliphatic heterocycles. The molecule has 0 radical (unpaired) electrons. The van der Waals surface area contributed by atoms with E-state index in [0.717, 1.165) is 19.3 Å². The van der Waals surface area contributed by atoms with Gasteiger partial charge >= 0.3 is 0 Å². The largest absolute Gasteiger partial charge is 0.229 e. The Morgan fingerprint density at radius 2 is 2.23 bits per heavy atom. The quantitative estimate of drug-likeness (QED) is 0.686. The van der Waals surface area contributed by atoms with Crippen molar-refractivity contribution in [2.24, 2.45) is 11.8 Å². The predicted molar refractivity (Wildman–Crippen MR) is 55.9 cm³/mol. The number of sulfone groups is 1. The van der Waals surface area contributed by atoms with Crippen molar-refractivity contribution in [2.45, 2.75) is 26.2 Å². The summed E-state index contributed by atoms with van der Waals surface area (Å²) in [6, 6.07) is 0. The zero-order valence-electron chi connectivity index (χ0n) is 8.00. The van der Waals surface area contributed by atoms with Gasteiger partial charge in [-0.05, 0) is 24.7 Å². The summed E-state index contributed by atoms with van der Waals surface area (Å²) in [7, 11) is -2.73. The summed E-state index contributed by atoms with van der Waals surface area (Å²) in [5.41, 5.74) is 0. The van der Waals surface area contributed by atoms with Crippen LogP contribution >= 0.6 is 11.6 Å². The summed E-state index contributed by atoms with van der Waals surface area (Å²) in [6.45, 7) is 2.11. The Morgan fingerprint density at radius 3 is 2.62 bits per heavy atom. The van der Waals surface area contributed by atoms with Crippen molar-refractivity contribution >= 4 is 21.4 Å². The molecular formula is C9H17ClO2S. The first-order valence-electron chi connectivity index (χ1n) is 4.85. The minimum Gasteiger partial charge on any atom is -0.229 e. The standard InChI is InChI=1S/C9H17ClO2S/c1-2-3-8(6-10)9-4-5-13(11,12)7-9/h8-9H,2-7H2,1H3. The molecule has 0 spiro atoms. The molecule has 0 aromatic carbocycles. The molecule has 2 unspecified atom stereocenters. The highest BCUT2D eigenvalue weighted by Crippen LogP contribution is 2.29. The second-order valence-corrected chi connectivity index (χ2v) is 6.40. The van der Waals surface area contributed by atoms with Crippen molar-refractivity contribution in [3.05, 3.63) is 0 Å². The summed E-state index contributed by atoms with van der Waals surface area (Å²) in [4.78, 5) is 0. The van der Waals surface area contributed by atoms with E-state index in [1.165, 1.54) is 0 Å². The Labute approximate surface area is 85.6 Å². The van der Waals surface area contributed by atoms with Gasteiger partial charge in [0, 0.05) is 5.88 Å². The maximum Gasteiger partial charge on any atom is 0.150 e. The number of halogens is 1. The van der Waals surface area contributed by atoms with Crippen molar-refractivity contribution < 1.29 is 8.42 Å². The summed E-state index contributed by atoms with van der Waals surface area (Å²) < 4.78 is 22.4. The summed E-state index contributed by atoms with van der Waals surface area (Å²) in [6.07, 6.45) is 2.97. The smallest absolute Gasteiger partial charge is 0.150 e. The molecule has 0 aromatic rings. The van der Waals surface area contributed by atoms with E-state index in [4.69, 9.17) is 11.6 Å². The monoisotopic (exact) mass is 224 g/mol. The van der Waals surface area contributed by atoms with Crippen LogP contribution in [0.2, 0.25) is 0 Å². The molecule has 2 atom stereocenters. The third-order valence-electron chi connectivity index (χ3n) is 2.79. The maximum absolute atomic E-state index is 11.2. The molecule has 4 heteroatoms. The van der Waals surface area contributed by atoms with E-state index >= 15 is 0 Å². The number of alkyl halides is 1. The summed E-state index contributed by atoms with van der Waals surface area (Å²) in [5, 5.41) is 0. The van der Waals surface area contributed by atoms with E-state index in [9.17, 15) is 8.42 Å². The lowest BCUT2D eigenvalue weighted by molar-refractivity contribution is 0.373. The molecule has 1 saturated heterocycles. The highest BCUT2D eigenvalue weighted by atomic mass is 35.5. The van der Waals surface area contributed by atoms with Crippen LogP contribution < -0.4 is 0 Å². The van der Waals surface area contributed by atoms with E-state index < -0.39 is 9.84 Å². The van der Waals surface area contributed by atoms with Crippen molar-refractivity contribution in [1.82, 2.24) is 0 Å². The van der Waals surface area contributed by atoms with Crippen LogP contribution in [0.5, 0.6) is 0 Å². The van der Waals surface area contributed by atoms with Gasteiger partial charge in [0.05, 0.1) is 11.5 Å². The van der Waals surface area contributed by atoms with Gasteiger partial charge in [-0.15, -0.1) is 11.6 Å². The van der Waals surface area contributed by atoms with E-state index in [2.05, 4.69) is 6.92 Å². The zero-order chi connectivity index (χ0) is 9.90. The molecule has 1 rings (SSSR count). The number of hydrogen-bond acceptors (Lipinski definition) is 2. The van der Waals surface area contributed by atoms with Gasteiger partial charge in [0.15, 0.2) is 9.84 Å². The van der Waals surface area contributed by atoms with Crippen LogP contribution in [-0.2, 0) is 9.84 Å². The van der Waals surface area contributed by atoms with Gasteiger partial charge in [0.1, 0.15) is 0 Å².